The van der Waals surface area contributed by atoms with Crippen molar-refractivity contribution < 1.29 is 4.39 Å². The Bertz CT molecular complexity index is 427. The molecular formula is C8H4ClFN3. The van der Waals surface area contributed by atoms with Crippen LogP contribution in [0.5, 0.6) is 0 Å². The third kappa shape index (κ3) is 1.53. The summed E-state index contributed by atoms with van der Waals surface area (Å²) in [6, 6.07) is 4.24. The maximum Gasteiger partial charge on any atom is 0.190 e. The largest absolute Gasteiger partial charge is 0.235 e. The van der Waals surface area contributed by atoms with Gasteiger partial charge in [-0.15, -0.1) is 0 Å². The van der Waals surface area contributed by atoms with Gasteiger partial charge in [-0.3, -0.25) is 0 Å². The van der Waals surface area contributed by atoms with Gasteiger partial charge in [-0.05, 0) is 12.1 Å². The summed E-state index contributed by atoms with van der Waals surface area (Å²) in [4.78, 5) is 3.80. The van der Waals surface area contributed by atoms with Crippen LogP contribution < -0.4 is 0 Å². The minimum Gasteiger partial charge on any atom is -0.235 e. The summed E-state index contributed by atoms with van der Waals surface area (Å²) < 4.78 is 14.3. The number of pyridine rings is 1. The monoisotopic (exact) mass is 196 g/mol. The minimum absolute atomic E-state index is 0.0920. The highest BCUT2D eigenvalue weighted by Crippen LogP contribution is 2.10. The molecule has 0 saturated heterocycles. The van der Waals surface area contributed by atoms with Crippen molar-refractivity contribution in [3.05, 3.63) is 41.6 Å². The van der Waals surface area contributed by atoms with Gasteiger partial charge in [-0.2, -0.15) is 5.10 Å². The maximum atomic E-state index is 13.1. The van der Waals surface area contributed by atoms with Crippen LogP contribution >= 0.6 is 11.6 Å². The first-order valence-corrected chi connectivity index (χ1v) is 3.89. The quantitative estimate of drug-likeness (QED) is 0.697. The molecule has 0 aliphatic heterocycles. The van der Waals surface area contributed by atoms with Crippen molar-refractivity contribution in [2.24, 2.45) is 0 Å². The van der Waals surface area contributed by atoms with Gasteiger partial charge in [0.25, 0.3) is 0 Å². The molecule has 0 bridgehead atoms. The SMILES string of the molecule is Fc1cccnc1-n1[c]cc(Cl)n1. The second-order valence-corrected chi connectivity index (χ2v) is 2.70. The zero-order valence-corrected chi connectivity index (χ0v) is 7.16. The molecule has 0 fully saturated rings. The molecular weight excluding hydrogens is 193 g/mol. The molecule has 0 aromatic carbocycles. The number of hydrogen-bond donors (Lipinski definition) is 0. The molecule has 0 N–H and O–H groups in total. The first-order chi connectivity index (χ1) is 6.27. The third-order valence-electron chi connectivity index (χ3n) is 1.44. The van der Waals surface area contributed by atoms with Gasteiger partial charge < -0.3 is 0 Å². The van der Waals surface area contributed by atoms with E-state index in [1.165, 1.54) is 24.4 Å². The molecule has 0 saturated carbocycles. The van der Waals surface area contributed by atoms with Crippen molar-refractivity contribution in [3.8, 4) is 5.82 Å². The second kappa shape index (κ2) is 3.14. The molecule has 3 nitrogen and oxygen atoms in total. The van der Waals surface area contributed by atoms with E-state index in [2.05, 4.69) is 16.3 Å². The summed E-state index contributed by atoms with van der Waals surface area (Å²) >= 11 is 5.55. The highest BCUT2D eigenvalue weighted by atomic mass is 35.5. The van der Waals surface area contributed by atoms with Crippen molar-refractivity contribution in [2.45, 2.75) is 0 Å². The van der Waals surface area contributed by atoms with Crippen LogP contribution in [-0.2, 0) is 0 Å². The molecule has 0 unspecified atom stereocenters. The van der Waals surface area contributed by atoms with Gasteiger partial charge in [0, 0.05) is 12.3 Å². The Morgan fingerprint density at radius 2 is 2.38 bits per heavy atom. The molecule has 2 aromatic heterocycles. The number of rotatable bonds is 1. The molecule has 0 spiro atoms. The van der Waals surface area contributed by atoms with Crippen LogP contribution in [0.15, 0.2) is 24.4 Å². The highest BCUT2D eigenvalue weighted by molar-refractivity contribution is 6.29. The fraction of sp³-hybridized carbons (Fsp3) is 0. The maximum absolute atomic E-state index is 13.1. The molecule has 0 atom stereocenters. The van der Waals surface area contributed by atoms with E-state index in [9.17, 15) is 4.39 Å². The van der Waals surface area contributed by atoms with Gasteiger partial charge in [0.05, 0.1) is 6.20 Å². The molecule has 0 amide bonds. The summed E-state index contributed by atoms with van der Waals surface area (Å²) in [5, 5.41) is 4.02. The van der Waals surface area contributed by atoms with E-state index in [1.54, 1.807) is 0 Å². The number of hydrogen-bond acceptors (Lipinski definition) is 2. The lowest BCUT2D eigenvalue weighted by Gasteiger charge is -1.98. The highest BCUT2D eigenvalue weighted by Gasteiger charge is 2.05. The molecule has 2 rings (SSSR count). The normalized spacial score (nSPS) is 10.3. The van der Waals surface area contributed by atoms with E-state index >= 15 is 0 Å². The van der Waals surface area contributed by atoms with Crippen LogP contribution in [0.2, 0.25) is 5.15 Å². The van der Waals surface area contributed by atoms with Crippen molar-refractivity contribution in [1.29, 1.82) is 0 Å². The summed E-state index contributed by atoms with van der Waals surface area (Å²) in [6.45, 7) is 0. The summed E-state index contributed by atoms with van der Waals surface area (Å²) in [7, 11) is 0. The van der Waals surface area contributed by atoms with Gasteiger partial charge in [0.1, 0.15) is 0 Å². The average molecular weight is 197 g/mol. The topological polar surface area (TPSA) is 30.7 Å². The number of halogens is 2. The minimum atomic E-state index is -0.460. The Labute approximate surface area is 78.8 Å². The Morgan fingerprint density at radius 1 is 1.54 bits per heavy atom. The molecule has 13 heavy (non-hydrogen) atoms. The lowest BCUT2D eigenvalue weighted by atomic mass is 10.4. The van der Waals surface area contributed by atoms with Crippen LogP contribution in [0, 0.1) is 12.0 Å². The van der Waals surface area contributed by atoms with E-state index in [-0.39, 0.29) is 11.0 Å². The molecule has 5 heteroatoms. The third-order valence-corrected chi connectivity index (χ3v) is 1.63. The van der Waals surface area contributed by atoms with Crippen molar-refractivity contribution >= 4 is 11.6 Å². The fourth-order valence-electron chi connectivity index (χ4n) is 0.909. The molecule has 65 valence electrons. The zero-order valence-electron chi connectivity index (χ0n) is 6.41. The Kier molecular flexibility index (Phi) is 1.98. The van der Waals surface area contributed by atoms with Crippen LogP contribution in [0.1, 0.15) is 0 Å². The van der Waals surface area contributed by atoms with Crippen LogP contribution in [-0.4, -0.2) is 14.8 Å². The molecule has 0 aliphatic rings. The van der Waals surface area contributed by atoms with Gasteiger partial charge >= 0.3 is 0 Å². The van der Waals surface area contributed by atoms with E-state index in [0.29, 0.717) is 0 Å². The first kappa shape index (κ1) is 8.19. The smallest absolute Gasteiger partial charge is 0.190 e. The lowest BCUT2D eigenvalue weighted by molar-refractivity contribution is 0.600. The predicted molar refractivity (Wildman–Crippen MR) is 45.2 cm³/mol. The lowest BCUT2D eigenvalue weighted by Crippen LogP contribution is -2.00. The Hall–Kier alpha value is -1.42. The number of nitrogens with zero attached hydrogens (tertiary/aromatic N) is 3. The molecule has 2 aromatic rings. The van der Waals surface area contributed by atoms with Crippen molar-refractivity contribution in [1.82, 2.24) is 14.8 Å². The summed E-state index contributed by atoms with van der Waals surface area (Å²) in [6.07, 6.45) is 4.11. The zero-order chi connectivity index (χ0) is 9.26. The predicted octanol–water partition coefficient (Wildman–Crippen LogP) is 1.86. The van der Waals surface area contributed by atoms with Crippen molar-refractivity contribution in [3.63, 3.8) is 0 Å². The Morgan fingerprint density at radius 3 is 3.00 bits per heavy atom. The van der Waals surface area contributed by atoms with Crippen LogP contribution in [0.3, 0.4) is 0 Å². The van der Waals surface area contributed by atoms with Gasteiger partial charge in [-0.25, -0.2) is 14.1 Å². The standard InChI is InChI=1S/C8H4ClFN3/c9-7-3-5-13(12-7)8-6(10)2-1-4-11-8/h1-4H. The number of aromatic nitrogens is 3. The van der Waals surface area contributed by atoms with Gasteiger partial charge in [0.2, 0.25) is 0 Å². The van der Waals surface area contributed by atoms with Gasteiger partial charge in [0.15, 0.2) is 16.8 Å². The second-order valence-electron chi connectivity index (χ2n) is 2.32. The summed E-state index contributed by atoms with van der Waals surface area (Å²) in [5.41, 5.74) is 0. The summed E-state index contributed by atoms with van der Waals surface area (Å²) in [5.74, 6) is -0.368. The van der Waals surface area contributed by atoms with E-state index in [0.717, 1.165) is 4.68 Å². The van der Waals surface area contributed by atoms with E-state index < -0.39 is 5.82 Å². The Balaban J connectivity index is 2.52. The fourth-order valence-corrected chi connectivity index (χ4v) is 1.03. The van der Waals surface area contributed by atoms with Crippen molar-refractivity contribution in [2.75, 3.05) is 0 Å². The van der Waals surface area contributed by atoms with E-state index in [1.807, 2.05) is 0 Å². The van der Waals surface area contributed by atoms with Gasteiger partial charge in [-0.1, -0.05) is 11.6 Å². The average Bonchev–Trinajstić information content (AvgIpc) is 2.53. The molecule has 0 aliphatic carbocycles. The first-order valence-electron chi connectivity index (χ1n) is 3.51. The van der Waals surface area contributed by atoms with Crippen LogP contribution in [0.4, 0.5) is 4.39 Å². The molecule has 1 radical (unpaired) electrons. The van der Waals surface area contributed by atoms with Crippen LogP contribution in [0.25, 0.3) is 5.82 Å². The van der Waals surface area contributed by atoms with E-state index in [4.69, 9.17) is 11.6 Å². The molecule has 2 heterocycles.